The van der Waals surface area contributed by atoms with Crippen molar-refractivity contribution in [3.05, 3.63) is 0 Å². The van der Waals surface area contributed by atoms with E-state index in [9.17, 15) is 9.90 Å². The first kappa shape index (κ1) is 13.0. The highest BCUT2D eigenvalue weighted by molar-refractivity contribution is 9.10. The Morgan fingerprint density at radius 2 is 1.93 bits per heavy atom. The summed E-state index contributed by atoms with van der Waals surface area (Å²) in [5, 5.41) is 10.2. The zero-order valence-electron chi connectivity index (χ0n) is 9.72. The first-order valence-electron chi connectivity index (χ1n) is 5.41. The molecule has 15 heavy (non-hydrogen) atoms. The van der Waals surface area contributed by atoms with Crippen molar-refractivity contribution in [2.75, 3.05) is 13.6 Å². The number of carbonyl (C=O) groups excluding carboxylic acids is 1. The molecule has 0 aromatic rings. The van der Waals surface area contributed by atoms with Gasteiger partial charge in [0.1, 0.15) is 0 Å². The van der Waals surface area contributed by atoms with Crippen LogP contribution in [0.2, 0.25) is 0 Å². The molecule has 0 saturated heterocycles. The summed E-state index contributed by atoms with van der Waals surface area (Å²) in [7, 11) is 1.75. The van der Waals surface area contributed by atoms with Crippen LogP contribution in [-0.4, -0.2) is 39.4 Å². The maximum absolute atomic E-state index is 11.9. The largest absolute Gasteiger partial charge is 0.388 e. The van der Waals surface area contributed by atoms with E-state index in [4.69, 9.17) is 0 Å². The van der Waals surface area contributed by atoms with Gasteiger partial charge in [-0.05, 0) is 26.7 Å². The van der Waals surface area contributed by atoms with Crippen LogP contribution >= 0.6 is 15.9 Å². The maximum atomic E-state index is 11.9. The molecule has 88 valence electrons. The van der Waals surface area contributed by atoms with Crippen molar-refractivity contribution >= 4 is 21.8 Å². The van der Waals surface area contributed by atoms with Crippen LogP contribution in [0.25, 0.3) is 0 Å². The fraction of sp³-hybridized carbons (Fsp3) is 0.909. The van der Waals surface area contributed by atoms with Gasteiger partial charge in [0.25, 0.3) is 0 Å². The predicted molar refractivity (Wildman–Crippen MR) is 64.1 cm³/mol. The maximum Gasteiger partial charge on any atom is 0.238 e. The highest BCUT2D eigenvalue weighted by Crippen LogP contribution is 2.30. The first-order chi connectivity index (χ1) is 6.75. The van der Waals surface area contributed by atoms with Gasteiger partial charge in [-0.15, -0.1) is 0 Å². The standard InChI is InChI=1S/C11H20BrNO2/c1-10(2,12)9(14)13(3)8-11(15)6-4-5-7-11/h15H,4-8H2,1-3H3. The molecule has 1 amide bonds. The summed E-state index contributed by atoms with van der Waals surface area (Å²) in [5.41, 5.74) is -0.650. The SMILES string of the molecule is CN(CC1(O)CCCC1)C(=O)C(C)(C)Br. The Kier molecular flexibility index (Phi) is 3.82. The second-order valence-corrected chi connectivity index (χ2v) is 7.05. The van der Waals surface area contributed by atoms with Crippen molar-refractivity contribution in [1.29, 1.82) is 0 Å². The minimum Gasteiger partial charge on any atom is -0.388 e. The summed E-state index contributed by atoms with van der Waals surface area (Å²) in [6.07, 6.45) is 3.76. The number of carbonyl (C=O) groups is 1. The molecule has 1 fully saturated rings. The number of rotatable bonds is 3. The van der Waals surface area contributed by atoms with Crippen LogP contribution in [0.3, 0.4) is 0 Å². The minimum absolute atomic E-state index is 0.0165. The van der Waals surface area contributed by atoms with Crippen LogP contribution in [0.4, 0.5) is 0 Å². The van der Waals surface area contributed by atoms with Crippen LogP contribution in [0, 0.1) is 0 Å². The molecule has 0 aliphatic heterocycles. The van der Waals surface area contributed by atoms with Crippen molar-refractivity contribution in [3.8, 4) is 0 Å². The number of hydrogen-bond donors (Lipinski definition) is 1. The summed E-state index contributed by atoms with van der Waals surface area (Å²) in [4.78, 5) is 13.5. The Hall–Kier alpha value is -0.0900. The van der Waals surface area contributed by atoms with Crippen LogP contribution in [-0.2, 0) is 4.79 Å². The lowest BCUT2D eigenvalue weighted by molar-refractivity contribution is -0.134. The molecule has 0 radical (unpaired) electrons. The lowest BCUT2D eigenvalue weighted by atomic mass is 10.0. The monoisotopic (exact) mass is 277 g/mol. The van der Waals surface area contributed by atoms with Gasteiger partial charge in [-0.3, -0.25) is 4.79 Å². The van der Waals surface area contributed by atoms with E-state index in [2.05, 4.69) is 15.9 Å². The summed E-state index contributed by atoms with van der Waals surface area (Å²) in [6.45, 7) is 4.09. The average Bonchev–Trinajstić information content (AvgIpc) is 2.48. The van der Waals surface area contributed by atoms with Crippen LogP contribution in [0.1, 0.15) is 39.5 Å². The second kappa shape index (κ2) is 4.42. The minimum atomic E-state index is -0.650. The van der Waals surface area contributed by atoms with E-state index in [1.165, 1.54) is 0 Å². The van der Waals surface area contributed by atoms with Crippen LogP contribution < -0.4 is 0 Å². The van der Waals surface area contributed by atoms with Gasteiger partial charge in [0.05, 0.1) is 9.93 Å². The molecule has 1 aliphatic carbocycles. The van der Waals surface area contributed by atoms with E-state index in [0.717, 1.165) is 25.7 Å². The van der Waals surface area contributed by atoms with E-state index in [1.807, 2.05) is 13.8 Å². The molecule has 0 heterocycles. The Labute approximate surface area is 100.0 Å². The number of halogens is 1. The summed E-state index contributed by atoms with van der Waals surface area (Å²) in [5.74, 6) is 0.0165. The normalized spacial score (nSPS) is 20.3. The third-order valence-corrected chi connectivity index (χ3v) is 3.26. The van der Waals surface area contributed by atoms with Gasteiger partial charge in [0.2, 0.25) is 5.91 Å². The van der Waals surface area contributed by atoms with Gasteiger partial charge >= 0.3 is 0 Å². The average molecular weight is 278 g/mol. The topological polar surface area (TPSA) is 40.5 Å². The fourth-order valence-corrected chi connectivity index (χ4v) is 2.46. The number of alkyl halides is 1. The summed E-state index contributed by atoms with van der Waals surface area (Å²) in [6, 6.07) is 0. The molecule has 0 atom stereocenters. The van der Waals surface area contributed by atoms with Crippen molar-refractivity contribution < 1.29 is 9.90 Å². The first-order valence-corrected chi connectivity index (χ1v) is 6.21. The van der Waals surface area contributed by atoms with Gasteiger partial charge < -0.3 is 10.0 Å². The van der Waals surface area contributed by atoms with Gasteiger partial charge in [0.15, 0.2) is 0 Å². The van der Waals surface area contributed by atoms with E-state index < -0.39 is 9.93 Å². The molecule has 0 bridgehead atoms. The number of amides is 1. The molecule has 1 aliphatic rings. The molecule has 0 aromatic heterocycles. The van der Waals surface area contributed by atoms with E-state index in [-0.39, 0.29) is 5.91 Å². The number of likely N-dealkylation sites (N-methyl/N-ethyl adjacent to an activating group) is 1. The quantitative estimate of drug-likeness (QED) is 0.801. The number of aliphatic hydroxyl groups is 1. The summed E-state index contributed by atoms with van der Waals surface area (Å²) < 4.78 is -0.545. The Bertz CT molecular complexity index is 241. The Morgan fingerprint density at radius 3 is 2.33 bits per heavy atom. The zero-order valence-corrected chi connectivity index (χ0v) is 11.3. The van der Waals surface area contributed by atoms with Gasteiger partial charge in [0, 0.05) is 13.6 Å². The molecule has 4 heteroatoms. The second-order valence-electron chi connectivity index (χ2n) is 5.07. The molecule has 1 rings (SSSR count). The van der Waals surface area contributed by atoms with Crippen molar-refractivity contribution in [2.45, 2.75) is 49.5 Å². The Morgan fingerprint density at radius 1 is 1.47 bits per heavy atom. The molecular formula is C11H20BrNO2. The van der Waals surface area contributed by atoms with Gasteiger partial charge in [-0.25, -0.2) is 0 Å². The lowest BCUT2D eigenvalue weighted by Crippen LogP contribution is -2.47. The molecule has 1 N–H and O–H groups in total. The molecule has 0 aromatic carbocycles. The lowest BCUT2D eigenvalue weighted by Gasteiger charge is -2.31. The highest BCUT2D eigenvalue weighted by Gasteiger charge is 2.36. The molecule has 3 nitrogen and oxygen atoms in total. The number of hydrogen-bond acceptors (Lipinski definition) is 2. The van der Waals surface area contributed by atoms with E-state index >= 15 is 0 Å². The molecule has 1 saturated carbocycles. The van der Waals surface area contributed by atoms with Crippen molar-refractivity contribution in [1.82, 2.24) is 4.90 Å². The van der Waals surface area contributed by atoms with Crippen LogP contribution in [0.15, 0.2) is 0 Å². The Balaban J connectivity index is 2.55. The third-order valence-electron chi connectivity index (χ3n) is 2.92. The van der Waals surface area contributed by atoms with Crippen LogP contribution in [0.5, 0.6) is 0 Å². The fourth-order valence-electron chi connectivity index (χ4n) is 2.16. The van der Waals surface area contributed by atoms with Crippen molar-refractivity contribution in [3.63, 3.8) is 0 Å². The predicted octanol–water partition coefficient (Wildman–Crippen LogP) is 1.92. The van der Waals surface area contributed by atoms with E-state index in [0.29, 0.717) is 6.54 Å². The smallest absolute Gasteiger partial charge is 0.238 e. The van der Waals surface area contributed by atoms with E-state index in [1.54, 1.807) is 11.9 Å². The van der Waals surface area contributed by atoms with Gasteiger partial charge in [-0.2, -0.15) is 0 Å². The summed E-state index contributed by atoms with van der Waals surface area (Å²) >= 11 is 3.34. The van der Waals surface area contributed by atoms with Gasteiger partial charge in [-0.1, -0.05) is 28.8 Å². The third kappa shape index (κ3) is 3.45. The zero-order chi connectivity index (χ0) is 11.7. The van der Waals surface area contributed by atoms with Crippen molar-refractivity contribution in [2.24, 2.45) is 0 Å². The number of nitrogens with zero attached hydrogens (tertiary/aromatic N) is 1. The molecular weight excluding hydrogens is 258 g/mol. The molecule has 0 spiro atoms. The molecule has 0 unspecified atom stereocenters. The highest BCUT2D eigenvalue weighted by atomic mass is 79.9.